The summed E-state index contributed by atoms with van der Waals surface area (Å²) in [7, 11) is 0. The third kappa shape index (κ3) is 3.93. The van der Waals surface area contributed by atoms with E-state index >= 15 is 0 Å². The minimum atomic E-state index is -0.261. The number of halogens is 1. The number of carbonyl (C=O) groups excluding carboxylic acids is 2. The highest BCUT2D eigenvalue weighted by Crippen LogP contribution is 2.18. The minimum absolute atomic E-state index is 0.0355. The Hall–Kier alpha value is -2.17. The van der Waals surface area contributed by atoms with Gasteiger partial charge in [-0.1, -0.05) is 18.7 Å². The Balaban J connectivity index is 1.82. The number of hydrogen-bond acceptors (Lipinski definition) is 2. The highest BCUT2D eigenvalue weighted by molar-refractivity contribution is 5.87. The Morgan fingerprint density at radius 2 is 2.09 bits per heavy atom. The Kier molecular flexibility index (Phi) is 5.31. The lowest BCUT2D eigenvalue weighted by Crippen LogP contribution is -2.42. The zero-order chi connectivity index (χ0) is 16.1. The van der Waals surface area contributed by atoms with E-state index in [9.17, 15) is 14.0 Å². The molecule has 1 aliphatic heterocycles. The summed E-state index contributed by atoms with van der Waals surface area (Å²) in [5, 5.41) is 2.84. The number of nitrogens with one attached hydrogen (secondary N) is 1. The molecule has 0 atom stereocenters. The SMILES string of the molecule is C=CC(=O)N1CCC(C(=O)NCc2ccc(C)c(F)c2)CC1. The summed E-state index contributed by atoms with van der Waals surface area (Å²) in [6.07, 6.45) is 2.59. The van der Waals surface area contributed by atoms with Crippen LogP contribution < -0.4 is 5.32 Å². The molecule has 0 saturated carbocycles. The van der Waals surface area contributed by atoms with Crippen molar-refractivity contribution in [1.29, 1.82) is 0 Å². The number of piperidine rings is 1. The fourth-order valence-corrected chi connectivity index (χ4v) is 2.57. The van der Waals surface area contributed by atoms with Gasteiger partial charge in [0.2, 0.25) is 11.8 Å². The van der Waals surface area contributed by atoms with Crippen LogP contribution in [0.1, 0.15) is 24.0 Å². The first-order chi connectivity index (χ1) is 10.5. The van der Waals surface area contributed by atoms with E-state index in [1.165, 1.54) is 12.1 Å². The summed E-state index contributed by atoms with van der Waals surface area (Å²) in [5.41, 5.74) is 1.34. The normalized spacial score (nSPS) is 15.5. The van der Waals surface area contributed by atoms with Crippen molar-refractivity contribution in [2.75, 3.05) is 13.1 Å². The molecule has 0 unspecified atom stereocenters. The van der Waals surface area contributed by atoms with E-state index in [1.54, 1.807) is 17.9 Å². The maximum atomic E-state index is 13.5. The van der Waals surface area contributed by atoms with Crippen LogP contribution in [0.15, 0.2) is 30.9 Å². The lowest BCUT2D eigenvalue weighted by Gasteiger charge is -2.30. The van der Waals surface area contributed by atoms with E-state index in [4.69, 9.17) is 0 Å². The van der Waals surface area contributed by atoms with Crippen LogP contribution >= 0.6 is 0 Å². The van der Waals surface area contributed by atoms with Crippen molar-refractivity contribution in [3.63, 3.8) is 0 Å². The molecule has 0 aromatic heterocycles. The van der Waals surface area contributed by atoms with Crippen molar-refractivity contribution >= 4 is 11.8 Å². The first-order valence-corrected chi connectivity index (χ1v) is 7.45. The number of aryl methyl sites for hydroxylation is 1. The molecule has 2 rings (SSSR count). The molecule has 2 amide bonds. The third-order valence-electron chi connectivity index (χ3n) is 4.06. The third-order valence-corrected chi connectivity index (χ3v) is 4.06. The number of hydrogen-bond donors (Lipinski definition) is 1. The van der Waals surface area contributed by atoms with Crippen molar-refractivity contribution in [2.45, 2.75) is 26.3 Å². The topological polar surface area (TPSA) is 49.4 Å². The average molecular weight is 304 g/mol. The molecule has 1 aromatic carbocycles. The summed E-state index contributed by atoms with van der Waals surface area (Å²) < 4.78 is 13.5. The van der Waals surface area contributed by atoms with E-state index < -0.39 is 0 Å². The second kappa shape index (κ2) is 7.20. The zero-order valence-corrected chi connectivity index (χ0v) is 12.8. The molecule has 1 fully saturated rings. The van der Waals surface area contributed by atoms with E-state index in [-0.39, 0.29) is 23.5 Å². The van der Waals surface area contributed by atoms with E-state index in [0.29, 0.717) is 38.0 Å². The quantitative estimate of drug-likeness (QED) is 0.867. The number of likely N-dealkylation sites (tertiary alicyclic amines) is 1. The first kappa shape index (κ1) is 16.2. The molecule has 0 spiro atoms. The first-order valence-electron chi connectivity index (χ1n) is 7.45. The monoisotopic (exact) mass is 304 g/mol. The van der Waals surface area contributed by atoms with Crippen LogP contribution in [-0.4, -0.2) is 29.8 Å². The summed E-state index contributed by atoms with van der Waals surface area (Å²) >= 11 is 0. The number of carbonyl (C=O) groups is 2. The van der Waals surface area contributed by atoms with E-state index in [1.807, 2.05) is 6.07 Å². The Morgan fingerprint density at radius 1 is 1.41 bits per heavy atom. The van der Waals surface area contributed by atoms with Gasteiger partial charge in [-0.05, 0) is 43.0 Å². The molecule has 1 aliphatic rings. The van der Waals surface area contributed by atoms with Gasteiger partial charge < -0.3 is 10.2 Å². The lowest BCUT2D eigenvalue weighted by molar-refractivity contribution is -0.132. The van der Waals surface area contributed by atoms with E-state index in [0.717, 1.165) is 5.56 Å². The summed E-state index contributed by atoms with van der Waals surface area (Å²) in [4.78, 5) is 25.3. The minimum Gasteiger partial charge on any atom is -0.352 e. The van der Waals surface area contributed by atoms with Crippen molar-refractivity contribution in [2.24, 2.45) is 5.92 Å². The molecule has 0 radical (unpaired) electrons. The maximum Gasteiger partial charge on any atom is 0.245 e. The number of amides is 2. The predicted octanol–water partition coefficient (Wildman–Crippen LogP) is 2.17. The molecule has 1 saturated heterocycles. The number of nitrogens with zero attached hydrogens (tertiary/aromatic N) is 1. The molecule has 5 heteroatoms. The average Bonchev–Trinajstić information content (AvgIpc) is 2.55. The fourth-order valence-electron chi connectivity index (χ4n) is 2.57. The van der Waals surface area contributed by atoms with Gasteiger partial charge in [-0.15, -0.1) is 0 Å². The molecule has 0 bridgehead atoms. The van der Waals surface area contributed by atoms with Crippen molar-refractivity contribution in [3.05, 3.63) is 47.8 Å². The van der Waals surface area contributed by atoms with Crippen LogP contribution in [0.2, 0.25) is 0 Å². The van der Waals surface area contributed by atoms with Gasteiger partial charge in [-0.2, -0.15) is 0 Å². The van der Waals surface area contributed by atoms with Crippen LogP contribution in [0.25, 0.3) is 0 Å². The van der Waals surface area contributed by atoms with Crippen molar-refractivity contribution in [1.82, 2.24) is 10.2 Å². The second-order valence-electron chi connectivity index (χ2n) is 5.61. The summed E-state index contributed by atoms with van der Waals surface area (Å²) in [6, 6.07) is 4.96. The van der Waals surface area contributed by atoms with Gasteiger partial charge in [0.1, 0.15) is 5.82 Å². The molecule has 22 heavy (non-hydrogen) atoms. The zero-order valence-electron chi connectivity index (χ0n) is 12.8. The molecule has 1 heterocycles. The highest BCUT2D eigenvalue weighted by Gasteiger charge is 2.26. The van der Waals surface area contributed by atoms with Gasteiger partial charge in [0.05, 0.1) is 0 Å². The van der Waals surface area contributed by atoms with Gasteiger partial charge in [-0.3, -0.25) is 9.59 Å². The molecule has 4 nitrogen and oxygen atoms in total. The predicted molar refractivity (Wildman–Crippen MR) is 82.5 cm³/mol. The van der Waals surface area contributed by atoms with Crippen molar-refractivity contribution in [3.8, 4) is 0 Å². The fraction of sp³-hybridized carbons (Fsp3) is 0.412. The lowest BCUT2D eigenvalue weighted by atomic mass is 9.95. The standard InChI is InChI=1S/C17H21FN2O2/c1-3-16(21)20-8-6-14(7-9-20)17(22)19-11-13-5-4-12(2)15(18)10-13/h3-5,10,14H,1,6-9,11H2,2H3,(H,19,22). The van der Waals surface area contributed by atoms with Crippen LogP contribution in [-0.2, 0) is 16.1 Å². The summed E-state index contributed by atoms with van der Waals surface area (Å²) in [5.74, 6) is -0.479. The maximum absolute atomic E-state index is 13.5. The number of rotatable bonds is 4. The van der Waals surface area contributed by atoms with E-state index in [2.05, 4.69) is 11.9 Å². The molecule has 1 aromatic rings. The Bertz CT molecular complexity index is 578. The molecule has 118 valence electrons. The molecular weight excluding hydrogens is 283 g/mol. The van der Waals surface area contributed by atoms with Crippen LogP contribution in [0.4, 0.5) is 4.39 Å². The largest absolute Gasteiger partial charge is 0.352 e. The number of benzene rings is 1. The van der Waals surface area contributed by atoms with Crippen LogP contribution in [0.3, 0.4) is 0 Å². The van der Waals surface area contributed by atoms with Gasteiger partial charge in [-0.25, -0.2) is 4.39 Å². The van der Waals surface area contributed by atoms with Gasteiger partial charge in [0.25, 0.3) is 0 Å². The Morgan fingerprint density at radius 3 is 2.68 bits per heavy atom. The van der Waals surface area contributed by atoms with Crippen molar-refractivity contribution < 1.29 is 14.0 Å². The Labute approximate surface area is 130 Å². The van der Waals surface area contributed by atoms with Gasteiger partial charge >= 0.3 is 0 Å². The highest BCUT2D eigenvalue weighted by atomic mass is 19.1. The second-order valence-corrected chi connectivity index (χ2v) is 5.61. The smallest absolute Gasteiger partial charge is 0.245 e. The molecule has 1 N–H and O–H groups in total. The van der Waals surface area contributed by atoms with Crippen LogP contribution in [0, 0.1) is 18.7 Å². The molecular formula is C17H21FN2O2. The van der Waals surface area contributed by atoms with Crippen LogP contribution in [0.5, 0.6) is 0 Å². The molecule has 0 aliphatic carbocycles. The van der Waals surface area contributed by atoms with Gasteiger partial charge in [0, 0.05) is 25.6 Å². The summed E-state index contributed by atoms with van der Waals surface area (Å²) in [6.45, 7) is 6.63. The van der Waals surface area contributed by atoms with Gasteiger partial charge in [0.15, 0.2) is 0 Å².